The van der Waals surface area contributed by atoms with E-state index in [0.29, 0.717) is 12.0 Å². The molecule has 1 rings (SSSR count). The van der Waals surface area contributed by atoms with Gasteiger partial charge in [-0.3, -0.25) is 4.90 Å². The first-order valence-electron chi connectivity index (χ1n) is 5.43. The molecule has 1 atom stereocenters. The van der Waals surface area contributed by atoms with Crippen molar-refractivity contribution in [2.45, 2.75) is 33.7 Å². The number of ether oxygens (including phenoxy) is 1. The highest BCUT2D eigenvalue weighted by atomic mass is 16.5. The molecule has 1 fully saturated rings. The van der Waals surface area contributed by atoms with Crippen LogP contribution < -0.4 is 0 Å². The van der Waals surface area contributed by atoms with Gasteiger partial charge in [0.05, 0.1) is 13.2 Å². The van der Waals surface area contributed by atoms with Crippen LogP contribution in [-0.4, -0.2) is 37.2 Å². The number of rotatable bonds is 3. The van der Waals surface area contributed by atoms with E-state index in [-0.39, 0.29) is 0 Å². The van der Waals surface area contributed by atoms with E-state index in [4.69, 9.17) is 4.74 Å². The van der Waals surface area contributed by atoms with Gasteiger partial charge in [-0.2, -0.15) is 0 Å². The fraction of sp³-hybridized carbons (Fsp3) is 1.00. The molecule has 0 N–H and O–H groups in total. The summed E-state index contributed by atoms with van der Waals surface area (Å²) in [6, 6.07) is 0.635. The molecular weight excluding hydrogens is 162 g/mol. The minimum atomic E-state index is 0.635. The van der Waals surface area contributed by atoms with Gasteiger partial charge in [-0.25, -0.2) is 0 Å². The van der Waals surface area contributed by atoms with Gasteiger partial charge in [0.15, 0.2) is 0 Å². The van der Waals surface area contributed by atoms with Crippen molar-refractivity contribution in [3.05, 3.63) is 0 Å². The van der Waals surface area contributed by atoms with Crippen LogP contribution >= 0.6 is 0 Å². The van der Waals surface area contributed by atoms with Crippen molar-refractivity contribution in [1.29, 1.82) is 0 Å². The Kier molecular flexibility index (Phi) is 4.20. The monoisotopic (exact) mass is 185 g/mol. The first-order valence-corrected chi connectivity index (χ1v) is 5.43. The van der Waals surface area contributed by atoms with Gasteiger partial charge in [0, 0.05) is 19.1 Å². The lowest BCUT2D eigenvalue weighted by molar-refractivity contribution is -0.0289. The maximum Gasteiger partial charge on any atom is 0.0624 e. The van der Waals surface area contributed by atoms with Crippen molar-refractivity contribution < 1.29 is 4.74 Å². The lowest BCUT2D eigenvalue weighted by Gasteiger charge is -2.38. The summed E-state index contributed by atoms with van der Waals surface area (Å²) in [6.45, 7) is 13.3. The van der Waals surface area contributed by atoms with Crippen LogP contribution in [0.1, 0.15) is 27.7 Å². The summed E-state index contributed by atoms with van der Waals surface area (Å²) in [6.07, 6.45) is 0. The first kappa shape index (κ1) is 11.0. The summed E-state index contributed by atoms with van der Waals surface area (Å²) in [7, 11) is 0. The second kappa shape index (κ2) is 4.97. The Labute approximate surface area is 82.3 Å². The summed E-state index contributed by atoms with van der Waals surface area (Å²) >= 11 is 0. The largest absolute Gasteiger partial charge is 0.378 e. The van der Waals surface area contributed by atoms with E-state index in [9.17, 15) is 0 Å². The molecule has 0 aliphatic carbocycles. The van der Waals surface area contributed by atoms with E-state index >= 15 is 0 Å². The number of nitrogens with zero attached hydrogens (tertiary/aromatic N) is 1. The van der Waals surface area contributed by atoms with Gasteiger partial charge in [0.1, 0.15) is 0 Å². The van der Waals surface area contributed by atoms with Crippen LogP contribution in [0.2, 0.25) is 0 Å². The Morgan fingerprint density at radius 3 is 2.54 bits per heavy atom. The third kappa shape index (κ3) is 3.28. The Morgan fingerprint density at radius 1 is 1.31 bits per heavy atom. The van der Waals surface area contributed by atoms with Crippen molar-refractivity contribution in [3.63, 3.8) is 0 Å². The molecule has 0 spiro atoms. The SMILES string of the molecule is CC(C)CN1CCOCC1C(C)C. The predicted molar refractivity (Wildman–Crippen MR) is 55.9 cm³/mol. The molecule has 78 valence electrons. The zero-order valence-corrected chi connectivity index (χ0v) is 9.42. The molecule has 1 saturated heterocycles. The topological polar surface area (TPSA) is 12.5 Å². The Morgan fingerprint density at radius 2 is 2.00 bits per heavy atom. The summed E-state index contributed by atoms with van der Waals surface area (Å²) in [5.41, 5.74) is 0. The molecule has 0 radical (unpaired) electrons. The summed E-state index contributed by atoms with van der Waals surface area (Å²) in [4.78, 5) is 2.58. The smallest absolute Gasteiger partial charge is 0.0624 e. The highest BCUT2D eigenvalue weighted by molar-refractivity contribution is 4.78. The normalized spacial score (nSPS) is 25.8. The van der Waals surface area contributed by atoms with Gasteiger partial charge in [-0.15, -0.1) is 0 Å². The second-order valence-electron chi connectivity index (χ2n) is 4.78. The van der Waals surface area contributed by atoms with Gasteiger partial charge < -0.3 is 4.74 Å². The van der Waals surface area contributed by atoms with E-state index in [1.54, 1.807) is 0 Å². The van der Waals surface area contributed by atoms with Gasteiger partial charge in [-0.05, 0) is 11.8 Å². The highest BCUT2D eigenvalue weighted by Crippen LogP contribution is 2.16. The average Bonchev–Trinajstić information content (AvgIpc) is 2.03. The summed E-state index contributed by atoms with van der Waals surface area (Å²) < 4.78 is 5.51. The molecule has 1 heterocycles. The molecule has 1 aliphatic heterocycles. The summed E-state index contributed by atoms with van der Waals surface area (Å²) in [5, 5.41) is 0. The molecule has 0 aromatic rings. The first-order chi connectivity index (χ1) is 6.11. The van der Waals surface area contributed by atoms with E-state index in [2.05, 4.69) is 32.6 Å². The third-order valence-electron chi connectivity index (χ3n) is 2.65. The molecule has 1 unspecified atom stereocenters. The molecule has 0 aromatic carbocycles. The minimum Gasteiger partial charge on any atom is -0.378 e. The zero-order valence-electron chi connectivity index (χ0n) is 9.42. The van der Waals surface area contributed by atoms with Gasteiger partial charge in [0.25, 0.3) is 0 Å². The quantitative estimate of drug-likeness (QED) is 0.667. The lowest BCUT2D eigenvalue weighted by atomic mass is 10.0. The molecule has 0 aromatic heterocycles. The van der Waals surface area contributed by atoms with Crippen molar-refractivity contribution in [1.82, 2.24) is 4.90 Å². The Bertz CT molecular complexity index is 145. The number of hydrogen-bond acceptors (Lipinski definition) is 2. The van der Waals surface area contributed by atoms with E-state index < -0.39 is 0 Å². The van der Waals surface area contributed by atoms with E-state index in [0.717, 1.165) is 25.7 Å². The van der Waals surface area contributed by atoms with Crippen LogP contribution in [0.25, 0.3) is 0 Å². The fourth-order valence-corrected chi connectivity index (χ4v) is 1.97. The maximum atomic E-state index is 5.51. The van der Waals surface area contributed by atoms with Crippen LogP contribution in [0, 0.1) is 11.8 Å². The molecular formula is C11H23NO. The van der Waals surface area contributed by atoms with Crippen LogP contribution in [0.4, 0.5) is 0 Å². The average molecular weight is 185 g/mol. The molecule has 0 amide bonds. The fourth-order valence-electron chi connectivity index (χ4n) is 1.97. The van der Waals surface area contributed by atoms with Crippen LogP contribution in [0.3, 0.4) is 0 Å². The number of morpholine rings is 1. The summed E-state index contributed by atoms with van der Waals surface area (Å²) in [5.74, 6) is 1.47. The molecule has 13 heavy (non-hydrogen) atoms. The third-order valence-corrected chi connectivity index (χ3v) is 2.65. The standard InChI is InChI=1S/C11H23NO/c1-9(2)7-12-5-6-13-8-11(12)10(3)4/h9-11H,5-8H2,1-4H3. The van der Waals surface area contributed by atoms with Gasteiger partial charge >= 0.3 is 0 Å². The number of hydrogen-bond donors (Lipinski definition) is 0. The molecule has 0 saturated carbocycles. The predicted octanol–water partition coefficient (Wildman–Crippen LogP) is 2.00. The maximum absolute atomic E-state index is 5.51. The van der Waals surface area contributed by atoms with E-state index in [1.807, 2.05) is 0 Å². The Balaban J connectivity index is 2.46. The van der Waals surface area contributed by atoms with Crippen molar-refractivity contribution in [2.75, 3.05) is 26.3 Å². The molecule has 2 nitrogen and oxygen atoms in total. The van der Waals surface area contributed by atoms with Crippen LogP contribution in [-0.2, 0) is 4.74 Å². The Hall–Kier alpha value is -0.0800. The van der Waals surface area contributed by atoms with Crippen molar-refractivity contribution in [2.24, 2.45) is 11.8 Å². The minimum absolute atomic E-state index is 0.635. The molecule has 0 bridgehead atoms. The van der Waals surface area contributed by atoms with Gasteiger partial charge in [0.2, 0.25) is 0 Å². The molecule has 1 aliphatic rings. The van der Waals surface area contributed by atoms with Crippen molar-refractivity contribution >= 4 is 0 Å². The van der Waals surface area contributed by atoms with Crippen molar-refractivity contribution in [3.8, 4) is 0 Å². The zero-order chi connectivity index (χ0) is 9.84. The van der Waals surface area contributed by atoms with Crippen LogP contribution in [0.15, 0.2) is 0 Å². The molecule has 2 heteroatoms. The highest BCUT2D eigenvalue weighted by Gasteiger charge is 2.25. The second-order valence-corrected chi connectivity index (χ2v) is 4.78. The van der Waals surface area contributed by atoms with Crippen LogP contribution in [0.5, 0.6) is 0 Å². The van der Waals surface area contributed by atoms with E-state index in [1.165, 1.54) is 6.54 Å². The lowest BCUT2D eigenvalue weighted by Crippen LogP contribution is -2.49. The van der Waals surface area contributed by atoms with Gasteiger partial charge in [-0.1, -0.05) is 27.7 Å².